The molecule has 396 valence electrons. The first-order chi connectivity index (χ1) is 34.1. The van der Waals surface area contributed by atoms with Crippen molar-refractivity contribution in [2.75, 3.05) is 78.5 Å². The molecule has 0 spiro atoms. The minimum Gasteiger partial charge on any atom is -0.481 e. The number of amides is 4. The number of carboxylic acid groups (broad SMARTS) is 7. The first-order valence-electron chi connectivity index (χ1n) is 23.0. The molecule has 1 aliphatic heterocycles. The topological polar surface area (TPSA) is 365 Å². The van der Waals surface area contributed by atoms with Gasteiger partial charge in [0.2, 0.25) is 5.91 Å². The lowest BCUT2D eigenvalue weighted by Gasteiger charge is -2.35. The molecule has 0 saturated carbocycles. The Morgan fingerprint density at radius 1 is 0.542 bits per heavy atom. The average molecular weight is 1080 g/mol. The fourth-order valence-corrected chi connectivity index (χ4v) is 8.00. The normalized spacial score (nSPS) is 15.6. The quantitative estimate of drug-likeness (QED) is 0.0523. The van der Waals surface area contributed by atoms with Gasteiger partial charge in [0, 0.05) is 94.9 Å². The van der Waals surface area contributed by atoms with E-state index in [1.807, 2.05) is 24.3 Å². The smallest absolute Gasteiger partial charge is 0.326 e. The van der Waals surface area contributed by atoms with E-state index >= 15 is 0 Å². The molecule has 3 rings (SSSR count). The first kappa shape index (κ1) is 59.6. The van der Waals surface area contributed by atoms with Gasteiger partial charge in [-0.2, -0.15) is 0 Å². The predicted molar refractivity (Wildman–Crippen MR) is 257 cm³/mol. The van der Waals surface area contributed by atoms with Gasteiger partial charge < -0.3 is 56.6 Å². The van der Waals surface area contributed by atoms with E-state index in [0.717, 1.165) is 10.0 Å². The minimum absolute atomic E-state index is 0.0284. The zero-order chi connectivity index (χ0) is 53.3. The van der Waals surface area contributed by atoms with Gasteiger partial charge in [-0.3, -0.25) is 53.2 Å². The van der Waals surface area contributed by atoms with E-state index in [1.54, 1.807) is 48.8 Å². The summed E-state index contributed by atoms with van der Waals surface area (Å²) in [6, 6.07) is 8.40. The van der Waals surface area contributed by atoms with Crippen molar-refractivity contribution in [2.45, 2.75) is 76.2 Å². The molecule has 0 radical (unpaired) electrons. The number of carbonyl (C=O) groups is 10. The molecule has 25 nitrogen and oxygen atoms in total. The summed E-state index contributed by atoms with van der Waals surface area (Å²) in [7, 11) is 0. The van der Waals surface area contributed by atoms with Crippen molar-refractivity contribution in [3.8, 4) is 0 Å². The molecule has 0 bridgehead atoms. The molecule has 0 aromatic heterocycles. The SMILES string of the molecule is O=C(O)CC[C@@H](NC(=O)N[C@H](CCCCN(Cc1ccc(Br)cc1)C(=O)c1ccc(CNC(=O)CCC(C(=O)O)N2CCN(CC(=O)O)CCN(CC(=O)O)CCN(CC(=O)O)CC2)cc1)C(=O)O)C(=O)O. The summed E-state index contributed by atoms with van der Waals surface area (Å²) in [5.41, 5.74) is 1.71. The number of rotatable bonds is 28. The lowest BCUT2D eigenvalue weighted by Crippen LogP contribution is -2.52. The van der Waals surface area contributed by atoms with Gasteiger partial charge in [0.05, 0.1) is 19.6 Å². The predicted octanol–water partition coefficient (Wildman–Crippen LogP) is 0.657. The van der Waals surface area contributed by atoms with Crippen LogP contribution < -0.4 is 16.0 Å². The number of nitrogens with zero attached hydrogens (tertiary/aromatic N) is 5. The number of halogens is 1. The molecule has 1 heterocycles. The van der Waals surface area contributed by atoms with Crippen LogP contribution in [0.4, 0.5) is 4.79 Å². The third kappa shape index (κ3) is 23.0. The summed E-state index contributed by atoms with van der Waals surface area (Å²) in [4.78, 5) is 129. The average Bonchev–Trinajstić information content (AvgIpc) is 3.30. The summed E-state index contributed by atoms with van der Waals surface area (Å²) in [6.45, 7) is 0.182. The second kappa shape index (κ2) is 30.9. The third-order valence-corrected chi connectivity index (χ3v) is 12.1. The van der Waals surface area contributed by atoms with Crippen LogP contribution in [-0.2, 0) is 51.4 Å². The fourth-order valence-electron chi connectivity index (χ4n) is 7.73. The molecular weight excluding hydrogens is 1020 g/mol. The lowest BCUT2D eigenvalue weighted by molar-refractivity contribution is -0.145. The summed E-state index contributed by atoms with van der Waals surface area (Å²) < 4.78 is 0.817. The van der Waals surface area contributed by atoms with Crippen molar-refractivity contribution >= 4 is 75.6 Å². The van der Waals surface area contributed by atoms with Crippen molar-refractivity contribution in [3.63, 3.8) is 0 Å². The maximum absolute atomic E-state index is 13.9. The number of hydrogen-bond donors (Lipinski definition) is 10. The maximum atomic E-state index is 13.9. The molecule has 3 atom stereocenters. The van der Waals surface area contributed by atoms with Gasteiger partial charge in [-0.15, -0.1) is 0 Å². The van der Waals surface area contributed by atoms with Crippen molar-refractivity contribution < 1.29 is 83.7 Å². The van der Waals surface area contributed by atoms with Gasteiger partial charge in [0.25, 0.3) is 5.91 Å². The van der Waals surface area contributed by atoms with Gasteiger partial charge in [0.1, 0.15) is 18.1 Å². The maximum Gasteiger partial charge on any atom is 0.326 e. The highest BCUT2D eigenvalue weighted by Gasteiger charge is 2.29. The van der Waals surface area contributed by atoms with Crippen LogP contribution in [0, 0.1) is 0 Å². The van der Waals surface area contributed by atoms with Crippen molar-refractivity contribution in [3.05, 3.63) is 69.7 Å². The van der Waals surface area contributed by atoms with Crippen molar-refractivity contribution in [1.29, 1.82) is 0 Å². The summed E-state index contributed by atoms with van der Waals surface area (Å²) in [5, 5.41) is 73.8. The van der Waals surface area contributed by atoms with Crippen LogP contribution >= 0.6 is 15.9 Å². The zero-order valence-corrected chi connectivity index (χ0v) is 41.1. The Balaban J connectivity index is 1.64. The van der Waals surface area contributed by atoms with Gasteiger partial charge in [-0.25, -0.2) is 14.4 Å². The van der Waals surface area contributed by atoms with Gasteiger partial charge in [0.15, 0.2) is 0 Å². The highest BCUT2D eigenvalue weighted by atomic mass is 79.9. The van der Waals surface area contributed by atoms with E-state index in [4.69, 9.17) is 5.11 Å². The van der Waals surface area contributed by atoms with Crippen LogP contribution in [0.25, 0.3) is 0 Å². The first-order valence-corrected chi connectivity index (χ1v) is 23.8. The zero-order valence-electron chi connectivity index (χ0n) is 39.5. The molecule has 2 aromatic rings. The summed E-state index contributed by atoms with van der Waals surface area (Å²) in [5.74, 6) is -9.59. The minimum atomic E-state index is -1.56. The van der Waals surface area contributed by atoms with E-state index < -0.39 is 84.7 Å². The number of aliphatic carboxylic acids is 7. The Kier molecular flexibility index (Phi) is 25.5. The highest BCUT2D eigenvalue weighted by molar-refractivity contribution is 9.10. The number of carbonyl (C=O) groups excluding carboxylic acids is 3. The molecule has 10 N–H and O–H groups in total. The molecule has 72 heavy (non-hydrogen) atoms. The summed E-state index contributed by atoms with van der Waals surface area (Å²) >= 11 is 3.39. The molecule has 1 aliphatic rings. The number of benzene rings is 2. The number of hydrogen-bond acceptors (Lipinski definition) is 14. The molecule has 4 amide bonds. The van der Waals surface area contributed by atoms with E-state index in [1.165, 1.54) is 0 Å². The number of urea groups is 1. The van der Waals surface area contributed by atoms with Gasteiger partial charge >= 0.3 is 47.8 Å². The number of unbranched alkanes of at least 4 members (excludes halogenated alkanes) is 1. The van der Waals surface area contributed by atoms with Crippen LogP contribution in [-0.4, -0.2) is 217 Å². The molecule has 0 aliphatic carbocycles. The molecule has 2 aromatic carbocycles. The third-order valence-electron chi connectivity index (χ3n) is 11.6. The standard InChI is InChI=1S/C46H63BrN8O17/c47-33-10-6-31(7-11-33)26-55(16-2-1-3-34(43(66)67)49-46(72)50-35(44(68)69)12-15-38(57)58)42(65)32-8-4-30(5-9-32)25-48-37(56)14-13-36(45(70)71)54-23-21-52(28-40(61)62)19-17-51(27-39(59)60)18-20-53(22-24-54)29-41(63)64/h4-11,34-36H,1-3,12-29H2,(H,48,56)(H,57,58)(H,59,60)(H,61,62)(H,63,64)(H,66,67)(H,68,69)(H,70,71)(H2,49,50,72)/t34-,35-,36?/m1/s1. The van der Waals surface area contributed by atoms with E-state index in [0.29, 0.717) is 17.5 Å². The van der Waals surface area contributed by atoms with Crippen LogP contribution in [0.1, 0.15) is 66.4 Å². The molecule has 1 fully saturated rings. The van der Waals surface area contributed by atoms with Crippen LogP contribution in [0.2, 0.25) is 0 Å². The highest BCUT2D eigenvalue weighted by Crippen LogP contribution is 2.17. The second-order valence-electron chi connectivity index (χ2n) is 17.1. The van der Waals surface area contributed by atoms with Crippen LogP contribution in [0.3, 0.4) is 0 Å². The van der Waals surface area contributed by atoms with E-state index in [9.17, 15) is 78.6 Å². The largest absolute Gasteiger partial charge is 0.481 e. The number of nitrogens with one attached hydrogen (secondary N) is 3. The van der Waals surface area contributed by atoms with Gasteiger partial charge in [-0.05, 0) is 67.5 Å². The Hall–Kier alpha value is -6.74. The second-order valence-corrected chi connectivity index (χ2v) is 18.0. The monoisotopic (exact) mass is 1080 g/mol. The Morgan fingerprint density at radius 2 is 1.01 bits per heavy atom. The molecular formula is C46H63BrN8O17. The van der Waals surface area contributed by atoms with Crippen LogP contribution in [0.15, 0.2) is 53.0 Å². The Morgan fingerprint density at radius 3 is 1.47 bits per heavy atom. The molecule has 1 unspecified atom stereocenters. The van der Waals surface area contributed by atoms with Gasteiger partial charge in [-0.1, -0.05) is 40.2 Å². The van der Waals surface area contributed by atoms with E-state index in [-0.39, 0.29) is 123 Å². The Bertz CT molecular complexity index is 2150. The fraction of sp³-hybridized carbons (Fsp3) is 0.522. The van der Waals surface area contributed by atoms with Crippen molar-refractivity contribution in [2.24, 2.45) is 0 Å². The molecule has 26 heteroatoms. The Labute approximate surface area is 422 Å². The molecule has 1 saturated heterocycles. The number of carboxylic acids is 7. The van der Waals surface area contributed by atoms with Crippen LogP contribution in [0.5, 0.6) is 0 Å². The van der Waals surface area contributed by atoms with E-state index in [2.05, 4.69) is 31.9 Å². The van der Waals surface area contributed by atoms with Crippen molar-refractivity contribution in [1.82, 2.24) is 40.4 Å². The summed E-state index contributed by atoms with van der Waals surface area (Å²) in [6.07, 6.45) is -0.866. The lowest BCUT2D eigenvalue weighted by atomic mass is 10.1.